The summed E-state index contributed by atoms with van der Waals surface area (Å²) in [7, 11) is 3.23. The number of nitrogens with one attached hydrogen (secondary N) is 1. The van der Waals surface area contributed by atoms with Crippen molar-refractivity contribution in [2.24, 2.45) is 5.73 Å². The Morgan fingerprint density at radius 3 is 2.90 bits per heavy atom. The van der Waals surface area contributed by atoms with Crippen LogP contribution in [0.25, 0.3) is 0 Å². The van der Waals surface area contributed by atoms with E-state index < -0.39 is 11.9 Å². The zero-order chi connectivity index (χ0) is 15.4. The highest BCUT2D eigenvalue weighted by Gasteiger charge is 2.24. The summed E-state index contributed by atoms with van der Waals surface area (Å²) in [6, 6.07) is 4.33. The van der Waals surface area contributed by atoms with Crippen LogP contribution in [0.2, 0.25) is 0 Å². The molecule has 1 aliphatic rings. The zero-order valence-electron chi connectivity index (χ0n) is 11.7. The number of carbonyl (C=O) groups is 2. The number of rotatable bonds is 6. The molecule has 1 fully saturated rings. The highest BCUT2D eigenvalue weighted by Crippen LogP contribution is 2.21. The molecule has 0 spiro atoms. The Labute approximate surface area is 123 Å². The standard InChI is InChI=1S/C13H17BN3O4/c1-21-14-17-5-4-9(7-17)16-11-6-8(13(19)20)2-3-10(11)12(15)18/h2-3,6,9,16H,4-5,7H2,1H3,(H2,15,18)(H,19,20). The van der Waals surface area contributed by atoms with E-state index >= 15 is 0 Å². The molecule has 0 aromatic heterocycles. The molecule has 111 valence electrons. The van der Waals surface area contributed by atoms with E-state index in [1.165, 1.54) is 18.2 Å². The van der Waals surface area contributed by atoms with Crippen LogP contribution in [0.5, 0.6) is 0 Å². The molecule has 1 aromatic rings. The van der Waals surface area contributed by atoms with E-state index in [9.17, 15) is 9.59 Å². The summed E-state index contributed by atoms with van der Waals surface area (Å²) < 4.78 is 4.96. The number of amides is 1. The number of carboxylic acids is 1. The molecule has 7 nitrogen and oxygen atoms in total. The third-order valence-corrected chi connectivity index (χ3v) is 3.37. The van der Waals surface area contributed by atoms with Crippen molar-refractivity contribution < 1.29 is 19.3 Å². The molecule has 1 radical (unpaired) electrons. The quantitative estimate of drug-likeness (QED) is 0.644. The number of aromatic carboxylic acids is 1. The van der Waals surface area contributed by atoms with E-state index in [2.05, 4.69) is 5.32 Å². The molecule has 1 saturated heterocycles. The highest BCUT2D eigenvalue weighted by molar-refractivity contribution is 6.23. The first-order valence-electron chi connectivity index (χ1n) is 6.55. The maximum atomic E-state index is 11.4. The number of nitrogens with two attached hydrogens (primary N) is 1. The van der Waals surface area contributed by atoms with Gasteiger partial charge in [-0.15, -0.1) is 0 Å². The van der Waals surface area contributed by atoms with E-state index in [0.29, 0.717) is 12.2 Å². The number of anilines is 1. The number of primary amides is 1. The van der Waals surface area contributed by atoms with Crippen LogP contribution < -0.4 is 11.1 Å². The fourth-order valence-corrected chi connectivity index (χ4v) is 2.38. The summed E-state index contributed by atoms with van der Waals surface area (Å²) >= 11 is 0. The lowest BCUT2D eigenvalue weighted by atomic mass is 10.1. The molecule has 0 saturated carbocycles. The molecule has 2 rings (SSSR count). The molecule has 0 aliphatic carbocycles. The van der Waals surface area contributed by atoms with Crippen molar-refractivity contribution in [3.05, 3.63) is 29.3 Å². The van der Waals surface area contributed by atoms with E-state index in [-0.39, 0.29) is 17.2 Å². The third-order valence-electron chi connectivity index (χ3n) is 3.37. The number of hydrogen-bond acceptors (Lipinski definition) is 5. The van der Waals surface area contributed by atoms with Crippen LogP contribution in [0.3, 0.4) is 0 Å². The minimum atomic E-state index is -1.05. The van der Waals surface area contributed by atoms with Crippen molar-refractivity contribution in [1.82, 2.24) is 4.81 Å². The minimum absolute atomic E-state index is 0.0959. The van der Waals surface area contributed by atoms with Gasteiger partial charge in [-0.05, 0) is 31.2 Å². The topological polar surface area (TPSA) is 105 Å². The van der Waals surface area contributed by atoms with Crippen LogP contribution in [0.1, 0.15) is 27.1 Å². The van der Waals surface area contributed by atoms with Gasteiger partial charge in [0.05, 0.1) is 11.1 Å². The van der Waals surface area contributed by atoms with Crippen molar-refractivity contribution in [2.45, 2.75) is 12.5 Å². The van der Waals surface area contributed by atoms with Gasteiger partial charge in [-0.25, -0.2) is 4.79 Å². The number of hydrogen-bond donors (Lipinski definition) is 3. The second-order valence-corrected chi connectivity index (χ2v) is 4.90. The Morgan fingerprint density at radius 2 is 2.29 bits per heavy atom. The van der Waals surface area contributed by atoms with Crippen molar-refractivity contribution in [3.8, 4) is 0 Å². The second-order valence-electron chi connectivity index (χ2n) is 4.90. The average molecular weight is 290 g/mol. The molecule has 1 aliphatic heterocycles. The monoisotopic (exact) mass is 290 g/mol. The van der Waals surface area contributed by atoms with Crippen molar-refractivity contribution >= 4 is 25.2 Å². The molecule has 4 N–H and O–H groups in total. The van der Waals surface area contributed by atoms with E-state index in [1.54, 1.807) is 14.7 Å². The lowest BCUT2D eigenvalue weighted by Gasteiger charge is -2.17. The van der Waals surface area contributed by atoms with Crippen molar-refractivity contribution in [1.29, 1.82) is 0 Å². The van der Waals surface area contributed by atoms with Gasteiger partial charge in [-0.3, -0.25) is 4.79 Å². The van der Waals surface area contributed by atoms with Crippen LogP contribution >= 0.6 is 0 Å². The normalized spacial score (nSPS) is 18.4. The molecule has 1 heterocycles. The van der Waals surface area contributed by atoms with Gasteiger partial charge in [0.2, 0.25) is 0 Å². The fraction of sp³-hybridized carbons (Fsp3) is 0.385. The Bertz CT molecular complexity index is 552. The number of nitrogens with zero attached hydrogens (tertiary/aromatic N) is 1. The van der Waals surface area contributed by atoms with Crippen LogP contribution in [0, 0.1) is 0 Å². The molecule has 1 atom stereocenters. The molecule has 0 bridgehead atoms. The number of carboxylic acid groups (broad SMARTS) is 1. The van der Waals surface area contributed by atoms with Gasteiger partial charge < -0.3 is 25.6 Å². The van der Waals surface area contributed by atoms with Crippen LogP contribution in [-0.2, 0) is 4.65 Å². The molecule has 21 heavy (non-hydrogen) atoms. The van der Waals surface area contributed by atoms with Crippen LogP contribution in [-0.4, -0.2) is 55.7 Å². The fourth-order valence-electron chi connectivity index (χ4n) is 2.38. The SMILES string of the molecule is CO[B]N1CCC(Nc2cc(C(=O)O)ccc2C(N)=O)C1. The number of carbonyl (C=O) groups excluding carboxylic acids is 1. The van der Waals surface area contributed by atoms with Gasteiger partial charge in [0, 0.05) is 25.4 Å². The van der Waals surface area contributed by atoms with Gasteiger partial charge >= 0.3 is 13.6 Å². The molecule has 1 aromatic carbocycles. The Hall–Kier alpha value is -2.06. The largest absolute Gasteiger partial charge is 0.478 e. The average Bonchev–Trinajstić information content (AvgIpc) is 2.86. The first-order chi connectivity index (χ1) is 10.0. The van der Waals surface area contributed by atoms with Gasteiger partial charge in [0.15, 0.2) is 0 Å². The van der Waals surface area contributed by atoms with Crippen molar-refractivity contribution in [3.63, 3.8) is 0 Å². The predicted octanol–water partition coefficient (Wildman–Crippen LogP) is 0.151. The lowest BCUT2D eigenvalue weighted by Crippen LogP contribution is -2.30. The van der Waals surface area contributed by atoms with Gasteiger partial charge in [-0.1, -0.05) is 0 Å². The summed E-state index contributed by atoms with van der Waals surface area (Å²) in [5.41, 5.74) is 6.18. The predicted molar refractivity (Wildman–Crippen MR) is 78.3 cm³/mol. The summed E-state index contributed by atoms with van der Waals surface area (Å²) in [4.78, 5) is 24.5. The Balaban J connectivity index is 2.16. The van der Waals surface area contributed by atoms with E-state index in [1.807, 2.05) is 4.81 Å². The molecular formula is C13H17BN3O4. The maximum absolute atomic E-state index is 11.4. The van der Waals surface area contributed by atoms with Crippen molar-refractivity contribution in [2.75, 3.05) is 25.5 Å². The maximum Gasteiger partial charge on any atom is 0.398 e. The Morgan fingerprint density at radius 1 is 1.52 bits per heavy atom. The summed E-state index contributed by atoms with van der Waals surface area (Å²) in [5.74, 6) is -1.64. The smallest absolute Gasteiger partial charge is 0.398 e. The van der Waals surface area contributed by atoms with Gasteiger partial charge in [0.1, 0.15) is 0 Å². The van der Waals surface area contributed by atoms with E-state index in [0.717, 1.165) is 13.0 Å². The molecular weight excluding hydrogens is 273 g/mol. The molecule has 1 unspecified atom stereocenters. The minimum Gasteiger partial charge on any atom is -0.478 e. The molecule has 1 amide bonds. The summed E-state index contributed by atoms with van der Waals surface area (Å²) in [6.07, 6.45) is 0.857. The first kappa shape index (κ1) is 15.3. The highest BCUT2D eigenvalue weighted by atomic mass is 16.4. The van der Waals surface area contributed by atoms with Crippen LogP contribution in [0.15, 0.2) is 18.2 Å². The summed E-state index contributed by atoms with van der Waals surface area (Å²) in [6.45, 7) is 1.54. The molecule has 8 heteroatoms. The lowest BCUT2D eigenvalue weighted by molar-refractivity contribution is 0.0696. The number of benzene rings is 1. The van der Waals surface area contributed by atoms with Gasteiger partial charge in [-0.2, -0.15) is 0 Å². The zero-order valence-corrected chi connectivity index (χ0v) is 11.7. The third kappa shape index (κ3) is 3.74. The Kier molecular flexibility index (Phi) is 4.82. The van der Waals surface area contributed by atoms with E-state index in [4.69, 9.17) is 15.5 Å². The summed E-state index contributed by atoms with van der Waals surface area (Å²) in [5, 5.41) is 12.2. The first-order valence-corrected chi connectivity index (χ1v) is 6.55. The second kappa shape index (κ2) is 6.60. The van der Waals surface area contributed by atoms with Crippen LogP contribution in [0.4, 0.5) is 5.69 Å². The van der Waals surface area contributed by atoms with Gasteiger partial charge in [0.25, 0.3) is 5.91 Å².